The van der Waals surface area contributed by atoms with E-state index in [1.807, 2.05) is 68.0 Å². The molecule has 7 aromatic heterocycles. The van der Waals surface area contributed by atoms with Crippen LogP contribution in [-0.4, -0.2) is 58.6 Å². The quantitative estimate of drug-likeness (QED) is 0.0279. The van der Waals surface area contributed by atoms with Crippen LogP contribution in [-0.2, 0) is 61.9 Å². The van der Waals surface area contributed by atoms with Gasteiger partial charge in [-0.1, -0.05) is 230 Å². The van der Waals surface area contributed by atoms with Crippen molar-refractivity contribution in [3.63, 3.8) is 0 Å². The average molecular weight is 1690 g/mol. The highest BCUT2D eigenvalue weighted by atomic mass is 32.1. The Labute approximate surface area is 729 Å². The van der Waals surface area contributed by atoms with Crippen molar-refractivity contribution in [3.05, 3.63) is 183 Å². The molecule has 7 nitrogen and oxygen atoms in total. The topological polar surface area (TPSA) is 71.9 Å². The lowest BCUT2D eigenvalue weighted by atomic mass is 9.87. The minimum Gasteiger partial charge on any atom is -0.399 e. The van der Waals surface area contributed by atoms with E-state index in [-0.39, 0.29) is 36.6 Å². The molecule has 0 bridgehead atoms. The molecule has 624 valence electrons. The zero-order valence-corrected chi connectivity index (χ0v) is 78.7. The lowest BCUT2D eigenvalue weighted by Gasteiger charge is -2.32. The van der Waals surface area contributed by atoms with Gasteiger partial charge in [-0.05, 0) is 273 Å². The van der Waals surface area contributed by atoms with Gasteiger partial charge in [0.2, 0.25) is 0 Å². The maximum Gasteiger partial charge on any atom is 0.505 e. The molecule has 0 N–H and O–H groups in total. The smallest absolute Gasteiger partial charge is 0.399 e. The fourth-order valence-electron chi connectivity index (χ4n) is 14.9. The molecular formula is C100H136B2N2O5S7. The van der Waals surface area contributed by atoms with E-state index in [0.717, 1.165) is 55.5 Å². The van der Waals surface area contributed by atoms with E-state index in [1.54, 1.807) is 0 Å². The third-order valence-corrected chi connectivity index (χ3v) is 30.6. The van der Waals surface area contributed by atoms with Crippen molar-refractivity contribution < 1.29 is 23.4 Å². The summed E-state index contributed by atoms with van der Waals surface area (Å²) >= 11 is 12.6. The Hall–Kier alpha value is -5.17. The zero-order valence-electron chi connectivity index (χ0n) is 73.0. The molecule has 3 fully saturated rings. The highest BCUT2D eigenvalue weighted by Crippen LogP contribution is 2.44. The maximum absolute atomic E-state index is 6.44. The van der Waals surface area contributed by atoms with Crippen molar-refractivity contribution in [2.24, 2.45) is 0 Å². The fourth-order valence-corrected chi connectivity index (χ4v) is 21.6. The molecule has 10 heterocycles. The van der Waals surface area contributed by atoms with E-state index in [9.17, 15) is 0 Å². The number of rotatable bonds is 41. The van der Waals surface area contributed by atoms with Crippen LogP contribution in [0.4, 0.5) is 0 Å². The van der Waals surface area contributed by atoms with Gasteiger partial charge in [0.05, 0.1) is 34.1 Å². The van der Waals surface area contributed by atoms with E-state index in [0.29, 0.717) is 0 Å². The van der Waals surface area contributed by atoms with Crippen LogP contribution in [0.2, 0.25) is 0 Å². The number of hydrogen-bond acceptors (Lipinski definition) is 14. The Morgan fingerprint density at radius 1 is 0.328 bits per heavy atom. The molecule has 0 amide bonds. The zero-order chi connectivity index (χ0) is 82.2. The molecule has 3 aromatic carbocycles. The minimum atomic E-state index is -0.341. The molecule has 3 saturated heterocycles. The first kappa shape index (κ1) is 93.1. The van der Waals surface area contributed by atoms with Gasteiger partial charge >= 0.3 is 14.2 Å². The van der Waals surface area contributed by atoms with Crippen molar-refractivity contribution in [2.75, 3.05) is 13.2 Å². The molecule has 0 spiro atoms. The normalized spacial score (nSPS) is 15.5. The first-order valence-corrected chi connectivity index (χ1v) is 50.4. The molecule has 0 radical (unpaired) electrons. The Morgan fingerprint density at radius 3 is 1.02 bits per heavy atom. The molecule has 0 saturated carbocycles. The molecule has 3 aliphatic rings. The van der Waals surface area contributed by atoms with E-state index in [2.05, 4.69) is 253 Å². The van der Waals surface area contributed by atoms with Gasteiger partial charge in [-0.3, -0.25) is 0 Å². The van der Waals surface area contributed by atoms with Crippen molar-refractivity contribution in [1.82, 2.24) is 8.75 Å². The summed E-state index contributed by atoms with van der Waals surface area (Å²) in [5, 5.41) is 4.49. The fraction of sp³-hybridized carbons (Fsp3) is 0.520. The molecule has 10 aromatic rings. The third kappa shape index (κ3) is 27.2. The summed E-state index contributed by atoms with van der Waals surface area (Å²) in [5.41, 5.74) is 14.3. The number of nitrogens with zero attached hydrogens (tertiary/aromatic N) is 2. The molecule has 3 aliphatic heterocycles. The highest BCUT2D eigenvalue weighted by Gasteiger charge is 2.53. The van der Waals surface area contributed by atoms with Crippen LogP contribution in [0.15, 0.2) is 120 Å². The number of aromatic nitrogens is 2. The van der Waals surface area contributed by atoms with Crippen molar-refractivity contribution >= 4 is 151 Å². The summed E-state index contributed by atoms with van der Waals surface area (Å²) in [6.07, 6.45) is 54.6. The number of benzene rings is 3. The van der Waals surface area contributed by atoms with Crippen LogP contribution in [0.1, 0.15) is 327 Å². The number of thiophene rings is 6. The van der Waals surface area contributed by atoms with Gasteiger partial charge in [-0.15, -0.1) is 68.0 Å². The second kappa shape index (κ2) is 47.9. The predicted molar refractivity (Wildman–Crippen MR) is 519 cm³/mol. The Kier molecular flexibility index (Phi) is 38.4. The monoisotopic (exact) mass is 1690 g/mol. The average Bonchev–Trinajstić information content (AvgIpc) is 1.62. The summed E-state index contributed by atoms with van der Waals surface area (Å²) in [6.45, 7) is 32.7. The van der Waals surface area contributed by atoms with E-state index in [4.69, 9.17) is 32.1 Å². The standard InChI is InChI=1S/C40H42N2S3.C34H54B2O4S2.C22H32S2.C4H8O/c1-3-5-7-11-21-31-27-37(30-19-15-10-16-20-30)43-35(31)25-26-36-32(22-12-8-6-4-2)28-38(44-36)34-24-23-33(29-17-13-9-14-18-29)39-40(34)42-45-41-39;1-11-13-15-17-19-25-23-29(35-37-31(3,4)32(5,6)38-35)41-27(25)21-22-28-26(20-18-16-14-12-2)24-30(42-28)36-39-33(7,8)34(9,10)40-36;1-3-5-7-9-11-19-15-17-23-21(19)13-14-22-20(16-18-24-22)12-10-8-6-4-2;1-2-4-5-3-1/h9-10,13-20,23-28H,3-8,11-12,21-22H2,1-2H3;21-24H,11-20H2,1-10H3;13-18H,3-12H2,1-2H3;1-4H2/b26-25+;22-21+;14-13+;. The summed E-state index contributed by atoms with van der Waals surface area (Å²) in [5.74, 6) is 0. The first-order valence-electron chi connectivity index (χ1n) is 44.6. The largest absolute Gasteiger partial charge is 0.505 e. The predicted octanol–water partition coefficient (Wildman–Crippen LogP) is 31.1. The molecule has 116 heavy (non-hydrogen) atoms. The lowest BCUT2D eigenvalue weighted by Crippen LogP contribution is -2.41. The van der Waals surface area contributed by atoms with Crippen molar-refractivity contribution in [1.29, 1.82) is 0 Å². The molecule has 0 unspecified atom stereocenters. The summed E-state index contributed by atoms with van der Waals surface area (Å²) < 4.78 is 42.6. The molecule has 16 heteroatoms. The molecule has 0 aliphatic carbocycles. The minimum absolute atomic E-state index is 0.317. The van der Waals surface area contributed by atoms with Crippen LogP contribution in [0.25, 0.3) is 79.5 Å². The highest BCUT2D eigenvalue weighted by molar-refractivity contribution is 7.24. The maximum atomic E-state index is 6.44. The first-order chi connectivity index (χ1) is 56.3. The van der Waals surface area contributed by atoms with Gasteiger partial charge in [-0.2, -0.15) is 8.75 Å². The molecule has 0 atom stereocenters. The SMILES string of the molecule is C1CCOC1.CCCCCCc1cc(-c2ccccc2)sc1/C=C/c1sc(-c2ccc(-c3ccccc3)c3nsnc23)cc1CCCCCC.CCCCCCc1cc(B2OC(C)(C)C(C)(C)O2)sc1/C=C/c1sc(B2OC(C)(C)C(C)(C)O2)cc1CCCCCC.CCCCCCc1ccsc1/C=C/c1sccc1CCCCCC. The Balaban J connectivity index is 0.000000185. The van der Waals surface area contributed by atoms with Crippen LogP contribution in [0, 0.1) is 0 Å². The Bertz CT molecular complexity index is 4390. The van der Waals surface area contributed by atoms with Gasteiger partial charge in [0.15, 0.2) is 0 Å². The van der Waals surface area contributed by atoms with Crippen LogP contribution in [0.5, 0.6) is 0 Å². The van der Waals surface area contributed by atoms with Gasteiger partial charge < -0.3 is 23.4 Å². The van der Waals surface area contributed by atoms with E-state index in [1.165, 1.54) is 290 Å². The molecule has 13 rings (SSSR count). The third-order valence-electron chi connectivity index (χ3n) is 23.5. The number of hydrogen-bond donors (Lipinski definition) is 0. The van der Waals surface area contributed by atoms with E-state index >= 15 is 0 Å². The second-order valence-electron chi connectivity index (χ2n) is 33.9. The van der Waals surface area contributed by atoms with Crippen molar-refractivity contribution in [2.45, 2.75) is 325 Å². The van der Waals surface area contributed by atoms with Gasteiger partial charge in [0.1, 0.15) is 11.0 Å². The van der Waals surface area contributed by atoms with Gasteiger partial charge in [-0.25, -0.2) is 0 Å². The number of ether oxygens (including phenoxy) is 1. The van der Waals surface area contributed by atoms with Crippen LogP contribution in [0.3, 0.4) is 0 Å². The summed E-state index contributed by atoms with van der Waals surface area (Å²) in [7, 11) is -0.634. The number of aryl methyl sites for hydroxylation is 6. The number of unbranched alkanes of at least 4 members (excludes halogenated alkanes) is 18. The van der Waals surface area contributed by atoms with Crippen molar-refractivity contribution in [3.8, 4) is 32.0 Å². The van der Waals surface area contributed by atoms with E-state index < -0.39 is 0 Å². The van der Waals surface area contributed by atoms with Gasteiger partial charge in [0, 0.05) is 72.9 Å². The van der Waals surface area contributed by atoms with Crippen LogP contribution < -0.4 is 9.55 Å². The van der Waals surface area contributed by atoms with Crippen LogP contribution >= 0.6 is 79.7 Å². The Morgan fingerprint density at radius 2 is 0.647 bits per heavy atom. The number of fused-ring (bicyclic) bond motifs is 1. The summed E-state index contributed by atoms with van der Waals surface area (Å²) in [6, 6.07) is 40.1. The summed E-state index contributed by atoms with van der Waals surface area (Å²) in [4.78, 5) is 11.0. The van der Waals surface area contributed by atoms with Gasteiger partial charge in [0.25, 0.3) is 0 Å². The lowest BCUT2D eigenvalue weighted by molar-refractivity contribution is 0.00578. The molecular weight excluding hydrogens is 1560 g/mol. The second-order valence-corrected chi connectivity index (χ2v) is 40.7.